The van der Waals surface area contributed by atoms with Crippen LogP contribution in [0.2, 0.25) is 0 Å². The largest absolute Gasteiger partial charge is 0.470 e. The molecule has 1 amide bonds. The van der Waals surface area contributed by atoms with Crippen LogP contribution in [0.4, 0.5) is 0 Å². The number of phosphoric ester groups is 1. The lowest BCUT2D eigenvalue weighted by Gasteiger charge is -2.43. The highest BCUT2D eigenvalue weighted by molar-refractivity contribution is 7.46. The van der Waals surface area contributed by atoms with Gasteiger partial charge in [0, 0.05) is 6.42 Å². The van der Waals surface area contributed by atoms with E-state index >= 15 is 0 Å². The van der Waals surface area contributed by atoms with E-state index in [-0.39, 0.29) is 18.8 Å². The number of aliphatic hydroxyl groups is 3. The molecule has 7 atom stereocenters. The standard InChI is InChI=1S/C50H98NO11P/c1-4-7-10-13-16-19-20-21-22-23-26-28-31-34-37-42(36-33-30-27-24-17-14-11-8-5-2)39-46(55)61-49-47(50(56)60-44(41-52)48(49)62-63(57,58)59)51-45(54)40-43(53)38-35-32-29-25-18-15-12-9-6-3/h42-44,47-50,52-53,56H,4-41H2,1-3H3,(H,51,54)(H2,57,58,59)/t42-,43+,44+,47-,48+,49+,50-/m0/s1. The molecule has 0 spiro atoms. The molecular weight excluding hydrogens is 822 g/mol. The van der Waals surface area contributed by atoms with Gasteiger partial charge in [0.15, 0.2) is 12.4 Å². The summed E-state index contributed by atoms with van der Waals surface area (Å²) < 4.78 is 28.5. The predicted molar refractivity (Wildman–Crippen MR) is 254 cm³/mol. The summed E-state index contributed by atoms with van der Waals surface area (Å²) in [5, 5.41) is 34.4. The number of phosphoric acid groups is 1. The van der Waals surface area contributed by atoms with Crippen LogP contribution in [0.25, 0.3) is 0 Å². The molecule has 0 aromatic carbocycles. The number of rotatable bonds is 44. The van der Waals surface area contributed by atoms with Gasteiger partial charge >= 0.3 is 13.8 Å². The summed E-state index contributed by atoms with van der Waals surface area (Å²) in [6.45, 7) is 5.88. The van der Waals surface area contributed by atoms with E-state index in [0.29, 0.717) is 6.42 Å². The quantitative estimate of drug-likeness (QED) is 0.0194. The fourth-order valence-corrected chi connectivity index (χ4v) is 9.63. The van der Waals surface area contributed by atoms with E-state index in [4.69, 9.17) is 14.0 Å². The van der Waals surface area contributed by atoms with Gasteiger partial charge in [0.05, 0.1) is 19.1 Å². The minimum Gasteiger partial charge on any atom is -0.457 e. The second kappa shape index (κ2) is 40.0. The summed E-state index contributed by atoms with van der Waals surface area (Å²) in [7, 11) is -5.21. The molecule has 1 saturated heterocycles. The Kier molecular flexibility index (Phi) is 38.0. The maximum atomic E-state index is 13.8. The van der Waals surface area contributed by atoms with E-state index in [0.717, 1.165) is 77.0 Å². The zero-order valence-electron chi connectivity index (χ0n) is 40.5. The van der Waals surface area contributed by atoms with Gasteiger partial charge in [-0.05, 0) is 25.2 Å². The highest BCUT2D eigenvalue weighted by Gasteiger charge is 2.51. The fraction of sp³-hybridized carbons (Fsp3) is 0.960. The fourth-order valence-electron chi connectivity index (χ4n) is 9.05. The Morgan fingerprint density at radius 2 is 0.937 bits per heavy atom. The lowest BCUT2D eigenvalue weighted by atomic mass is 9.91. The first-order valence-electron chi connectivity index (χ1n) is 26.3. The highest BCUT2D eigenvalue weighted by Crippen LogP contribution is 2.42. The molecule has 0 aliphatic carbocycles. The highest BCUT2D eigenvalue weighted by atomic mass is 31.2. The maximum absolute atomic E-state index is 13.8. The van der Waals surface area contributed by atoms with E-state index < -0.39 is 63.1 Å². The molecule has 1 rings (SSSR count). The smallest absolute Gasteiger partial charge is 0.457 e. The molecule has 1 aliphatic rings. The van der Waals surface area contributed by atoms with Crippen molar-refractivity contribution in [3.8, 4) is 0 Å². The first-order valence-corrected chi connectivity index (χ1v) is 27.8. The predicted octanol–water partition coefficient (Wildman–Crippen LogP) is 12.0. The first-order chi connectivity index (χ1) is 30.4. The number of amides is 1. The SMILES string of the molecule is CCCCCCCCCCCCCCCC[C@H](CCCCCCCCCCC)CC(=O)O[C@@H]1[C@H](NC(=O)C[C@H](O)CCCCCCCCCCC)[C@@H](O)O[C@H](CO)[C@H]1OP(=O)(O)O. The van der Waals surface area contributed by atoms with Crippen LogP contribution < -0.4 is 5.32 Å². The summed E-state index contributed by atoms with van der Waals surface area (Å²) >= 11 is 0. The Hall–Kier alpha value is -1.11. The van der Waals surface area contributed by atoms with Crippen LogP contribution in [0, 0.1) is 5.92 Å². The third kappa shape index (κ3) is 33.1. The van der Waals surface area contributed by atoms with Crippen molar-refractivity contribution >= 4 is 19.7 Å². The van der Waals surface area contributed by atoms with Gasteiger partial charge in [-0.1, -0.05) is 226 Å². The van der Waals surface area contributed by atoms with E-state index in [2.05, 4.69) is 26.1 Å². The molecule has 374 valence electrons. The number of unbranched alkanes of at least 4 members (excludes halogenated alkanes) is 29. The summed E-state index contributed by atoms with van der Waals surface area (Å²) in [6, 6.07) is -1.47. The molecular formula is C50H98NO11P. The molecule has 1 fully saturated rings. The van der Waals surface area contributed by atoms with Gasteiger partial charge in [0.1, 0.15) is 18.2 Å². The van der Waals surface area contributed by atoms with Gasteiger partial charge in [0.2, 0.25) is 5.91 Å². The lowest BCUT2D eigenvalue weighted by Crippen LogP contribution is -2.65. The number of esters is 1. The topological polar surface area (TPSA) is 192 Å². The second-order valence-corrected chi connectivity index (χ2v) is 20.1. The van der Waals surface area contributed by atoms with Gasteiger partial charge < -0.3 is 39.9 Å². The van der Waals surface area contributed by atoms with Gasteiger partial charge in [-0.3, -0.25) is 14.1 Å². The third-order valence-electron chi connectivity index (χ3n) is 12.9. The molecule has 6 N–H and O–H groups in total. The number of carbonyl (C=O) groups is 2. The Morgan fingerprint density at radius 3 is 1.30 bits per heavy atom. The van der Waals surface area contributed by atoms with Crippen LogP contribution in [-0.4, -0.2) is 80.3 Å². The van der Waals surface area contributed by atoms with Crippen molar-refractivity contribution in [3.05, 3.63) is 0 Å². The van der Waals surface area contributed by atoms with E-state index in [1.54, 1.807) is 0 Å². The Balaban J connectivity index is 2.86. The molecule has 12 nitrogen and oxygen atoms in total. The molecule has 1 aliphatic heterocycles. The average molecular weight is 920 g/mol. The average Bonchev–Trinajstić information content (AvgIpc) is 3.24. The Morgan fingerprint density at radius 1 is 0.571 bits per heavy atom. The van der Waals surface area contributed by atoms with Gasteiger partial charge in [-0.25, -0.2) is 4.57 Å². The summed E-state index contributed by atoms with van der Waals surface area (Å²) in [6.07, 6.45) is 33.0. The molecule has 63 heavy (non-hydrogen) atoms. The zero-order valence-corrected chi connectivity index (χ0v) is 41.4. The molecule has 0 saturated carbocycles. The van der Waals surface area contributed by atoms with Crippen molar-refractivity contribution < 1.29 is 53.3 Å². The van der Waals surface area contributed by atoms with E-state index in [1.165, 1.54) is 141 Å². The third-order valence-corrected chi connectivity index (χ3v) is 13.4. The van der Waals surface area contributed by atoms with Crippen LogP contribution in [0.5, 0.6) is 0 Å². The number of carbonyl (C=O) groups excluding carboxylic acids is 2. The zero-order chi connectivity index (χ0) is 46.4. The lowest BCUT2D eigenvalue weighted by molar-refractivity contribution is -0.256. The summed E-state index contributed by atoms with van der Waals surface area (Å²) in [5.41, 5.74) is 0. The Bertz CT molecular complexity index is 1130. The Labute approximate surface area is 384 Å². The minimum absolute atomic E-state index is 0.0307. The van der Waals surface area contributed by atoms with Crippen molar-refractivity contribution in [1.82, 2.24) is 5.32 Å². The molecule has 0 unspecified atom stereocenters. The number of nitrogens with one attached hydrogen (secondary N) is 1. The molecule has 1 heterocycles. The normalized spacial score (nSPS) is 20.2. The number of aliphatic hydroxyl groups excluding tert-OH is 3. The molecule has 0 aromatic heterocycles. The van der Waals surface area contributed by atoms with Crippen LogP contribution in [-0.2, 0) is 28.2 Å². The number of hydrogen-bond acceptors (Lipinski definition) is 9. The van der Waals surface area contributed by atoms with Crippen molar-refractivity contribution in [2.75, 3.05) is 6.61 Å². The van der Waals surface area contributed by atoms with Crippen LogP contribution in [0.3, 0.4) is 0 Å². The monoisotopic (exact) mass is 920 g/mol. The van der Waals surface area contributed by atoms with Crippen molar-refractivity contribution in [3.63, 3.8) is 0 Å². The number of ether oxygens (including phenoxy) is 2. The van der Waals surface area contributed by atoms with Crippen molar-refractivity contribution in [2.45, 2.75) is 295 Å². The minimum atomic E-state index is -5.21. The molecule has 0 bridgehead atoms. The van der Waals surface area contributed by atoms with Crippen molar-refractivity contribution in [1.29, 1.82) is 0 Å². The van der Waals surface area contributed by atoms with Crippen LogP contribution in [0.15, 0.2) is 0 Å². The second-order valence-electron chi connectivity index (χ2n) is 18.9. The van der Waals surface area contributed by atoms with Gasteiger partial charge in [-0.15, -0.1) is 0 Å². The van der Waals surface area contributed by atoms with E-state index in [1.807, 2.05) is 0 Å². The van der Waals surface area contributed by atoms with Gasteiger partial charge in [0.25, 0.3) is 0 Å². The summed E-state index contributed by atoms with van der Waals surface area (Å²) in [4.78, 5) is 46.7. The van der Waals surface area contributed by atoms with Crippen molar-refractivity contribution in [2.24, 2.45) is 5.92 Å². The van der Waals surface area contributed by atoms with Crippen LogP contribution in [0.1, 0.15) is 258 Å². The first kappa shape index (κ1) is 59.9. The molecule has 0 radical (unpaired) electrons. The number of hydrogen-bond donors (Lipinski definition) is 6. The maximum Gasteiger partial charge on any atom is 0.470 e. The van der Waals surface area contributed by atoms with Crippen LogP contribution >= 0.6 is 7.82 Å². The molecule has 0 aromatic rings. The van der Waals surface area contributed by atoms with E-state index in [9.17, 15) is 39.3 Å². The molecule has 13 heteroatoms. The van der Waals surface area contributed by atoms with Gasteiger partial charge in [-0.2, -0.15) is 0 Å². The summed E-state index contributed by atoms with van der Waals surface area (Å²) in [5.74, 6) is -1.25.